The molecule has 0 heterocycles. The summed E-state index contributed by atoms with van der Waals surface area (Å²) in [5, 5.41) is 0. The molecule has 0 bridgehead atoms. The Hall–Kier alpha value is -0.330. The van der Waals surface area contributed by atoms with Gasteiger partial charge in [-0.2, -0.15) is 0 Å². The van der Waals surface area contributed by atoms with Crippen molar-refractivity contribution in [1.29, 1.82) is 0 Å². The summed E-state index contributed by atoms with van der Waals surface area (Å²) in [6.45, 7) is 10.6. The van der Waals surface area contributed by atoms with E-state index in [2.05, 4.69) is 20.8 Å². The van der Waals surface area contributed by atoms with Gasteiger partial charge in [0.1, 0.15) is 6.29 Å². The van der Waals surface area contributed by atoms with Crippen LogP contribution in [0.15, 0.2) is 0 Å². The van der Waals surface area contributed by atoms with Gasteiger partial charge >= 0.3 is 0 Å². The zero-order valence-corrected chi connectivity index (χ0v) is 8.40. The number of hydrogen-bond donors (Lipinski definition) is 0. The van der Waals surface area contributed by atoms with Crippen LogP contribution in [0.5, 0.6) is 0 Å². The van der Waals surface area contributed by atoms with Gasteiger partial charge in [-0.15, -0.1) is 0 Å². The highest BCUT2D eigenvalue weighted by Gasteiger charge is 2.26. The molecule has 0 atom stereocenters. The molecule has 0 aliphatic carbocycles. The molecule has 0 aromatic heterocycles. The second kappa shape index (κ2) is 3.38. The summed E-state index contributed by atoms with van der Waals surface area (Å²) in [5.74, 6) is 0. The van der Waals surface area contributed by atoms with Crippen LogP contribution < -0.4 is 0 Å². The van der Waals surface area contributed by atoms with Crippen molar-refractivity contribution in [1.82, 2.24) is 0 Å². The Kier molecular flexibility index (Phi) is 3.28. The molecule has 0 saturated carbocycles. The molecular formula is C10H20O. The number of carbonyl (C=O) groups excluding carboxylic acids is 1. The normalized spacial score (nSPS) is 13.2. The first kappa shape index (κ1) is 10.7. The number of hydrogen-bond acceptors (Lipinski definition) is 1. The topological polar surface area (TPSA) is 17.1 Å². The fourth-order valence-corrected chi connectivity index (χ4v) is 1.40. The summed E-state index contributed by atoms with van der Waals surface area (Å²) >= 11 is 0. The minimum atomic E-state index is -0.153. The SMILES string of the molecule is CCC(C)(C)CC(C)(C)C=O. The van der Waals surface area contributed by atoms with Crippen LogP contribution in [0.4, 0.5) is 0 Å². The molecule has 0 amide bonds. The second-order valence-corrected chi connectivity index (χ2v) is 4.80. The minimum Gasteiger partial charge on any atom is -0.303 e. The number of carbonyl (C=O) groups is 1. The predicted octanol–water partition coefficient (Wildman–Crippen LogP) is 3.04. The molecule has 0 aliphatic heterocycles. The van der Waals surface area contributed by atoms with Crippen molar-refractivity contribution in [2.24, 2.45) is 10.8 Å². The Morgan fingerprint density at radius 3 is 1.91 bits per heavy atom. The molecule has 0 aliphatic rings. The Labute approximate surface area is 70.2 Å². The van der Waals surface area contributed by atoms with Gasteiger partial charge in [0.15, 0.2) is 0 Å². The summed E-state index contributed by atoms with van der Waals surface area (Å²) in [7, 11) is 0. The summed E-state index contributed by atoms with van der Waals surface area (Å²) in [6.07, 6.45) is 3.16. The smallest absolute Gasteiger partial charge is 0.125 e. The van der Waals surface area contributed by atoms with Crippen LogP contribution >= 0.6 is 0 Å². The minimum absolute atomic E-state index is 0.153. The van der Waals surface area contributed by atoms with Crippen molar-refractivity contribution in [2.45, 2.75) is 47.5 Å². The van der Waals surface area contributed by atoms with Gasteiger partial charge in [0, 0.05) is 5.41 Å². The van der Waals surface area contributed by atoms with Gasteiger partial charge in [0.2, 0.25) is 0 Å². The summed E-state index contributed by atoms with van der Waals surface area (Å²) in [6, 6.07) is 0. The third-order valence-electron chi connectivity index (χ3n) is 2.21. The molecule has 1 nitrogen and oxygen atoms in total. The van der Waals surface area contributed by atoms with Gasteiger partial charge in [-0.05, 0) is 11.8 Å². The maximum Gasteiger partial charge on any atom is 0.125 e. The molecule has 0 aromatic rings. The van der Waals surface area contributed by atoms with Crippen molar-refractivity contribution in [3.8, 4) is 0 Å². The number of aldehydes is 1. The Morgan fingerprint density at radius 2 is 1.64 bits per heavy atom. The van der Waals surface area contributed by atoms with Crippen LogP contribution in [0.3, 0.4) is 0 Å². The highest BCUT2D eigenvalue weighted by Crippen LogP contribution is 2.34. The van der Waals surface area contributed by atoms with E-state index >= 15 is 0 Å². The van der Waals surface area contributed by atoms with E-state index in [-0.39, 0.29) is 5.41 Å². The van der Waals surface area contributed by atoms with Crippen molar-refractivity contribution in [2.75, 3.05) is 0 Å². The molecule has 0 aromatic carbocycles. The maximum atomic E-state index is 10.6. The highest BCUT2D eigenvalue weighted by atomic mass is 16.1. The third kappa shape index (κ3) is 4.18. The Morgan fingerprint density at radius 1 is 1.18 bits per heavy atom. The second-order valence-electron chi connectivity index (χ2n) is 4.80. The molecule has 0 unspecified atom stereocenters. The van der Waals surface area contributed by atoms with Crippen molar-refractivity contribution < 1.29 is 4.79 Å². The molecule has 0 radical (unpaired) electrons. The van der Waals surface area contributed by atoms with Gasteiger partial charge in [0.25, 0.3) is 0 Å². The van der Waals surface area contributed by atoms with Gasteiger partial charge in [-0.3, -0.25) is 0 Å². The monoisotopic (exact) mass is 156 g/mol. The van der Waals surface area contributed by atoms with E-state index in [1.54, 1.807) is 0 Å². The van der Waals surface area contributed by atoms with Crippen molar-refractivity contribution in [3.63, 3.8) is 0 Å². The average Bonchev–Trinajstić information content (AvgIpc) is 1.86. The fourth-order valence-electron chi connectivity index (χ4n) is 1.40. The molecule has 0 rings (SSSR count). The highest BCUT2D eigenvalue weighted by molar-refractivity contribution is 5.57. The Bertz CT molecular complexity index is 134. The lowest BCUT2D eigenvalue weighted by molar-refractivity contribution is -0.116. The summed E-state index contributed by atoms with van der Waals surface area (Å²) in [5.41, 5.74) is 0.143. The van der Waals surface area contributed by atoms with Crippen LogP contribution in [0.2, 0.25) is 0 Å². The first-order chi connectivity index (χ1) is 4.83. The predicted molar refractivity (Wildman–Crippen MR) is 48.5 cm³/mol. The van der Waals surface area contributed by atoms with Crippen molar-refractivity contribution in [3.05, 3.63) is 0 Å². The summed E-state index contributed by atoms with van der Waals surface area (Å²) in [4.78, 5) is 10.6. The zero-order valence-electron chi connectivity index (χ0n) is 8.40. The van der Waals surface area contributed by atoms with Crippen LogP contribution in [-0.4, -0.2) is 6.29 Å². The van der Waals surface area contributed by atoms with Crippen molar-refractivity contribution >= 4 is 6.29 Å². The third-order valence-corrected chi connectivity index (χ3v) is 2.21. The first-order valence-corrected chi connectivity index (χ1v) is 4.29. The lowest BCUT2D eigenvalue weighted by atomic mass is 9.74. The number of rotatable bonds is 4. The molecule has 66 valence electrons. The van der Waals surface area contributed by atoms with Crippen LogP contribution in [0, 0.1) is 10.8 Å². The molecule has 0 N–H and O–H groups in total. The fraction of sp³-hybridized carbons (Fsp3) is 0.900. The van der Waals surface area contributed by atoms with E-state index in [0.717, 1.165) is 19.1 Å². The first-order valence-electron chi connectivity index (χ1n) is 4.29. The molecular weight excluding hydrogens is 136 g/mol. The van der Waals surface area contributed by atoms with E-state index in [0.29, 0.717) is 5.41 Å². The van der Waals surface area contributed by atoms with E-state index in [9.17, 15) is 4.79 Å². The molecule has 11 heavy (non-hydrogen) atoms. The van der Waals surface area contributed by atoms with Crippen LogP contribution in [0.1, 0.15) is 47.5 Å². The van der Waals surface area contributed by atoms with Gasteiger partial charge in [-0.25, -0.2) is 0 Å². The van der Waals surface area contributed by atoms with Gasteiger partial charge in [0.05, 0.1) is 0 Å². The molecule has 1 heteroatoms. The van der Waals surface area contributed by atoms with Gasteiger partial charge in [-0.1, -0.05) is 41.0 Å². The maximum absolute atomic E-state index is 10.6. The molecule has 0 fully saturated rings. The van der Waals surface area contributed by atoms with Crippen LogP contribution in [-0.2, 0) is 4.79 Å². The largest absolute Gasteiger partial charge is 0.303 e. The molecule has 0 spiro atoms. The zero-order chi connectivity index (χ0) is 9.12. The van der Waals surface area contributed by atoms with Crippen LogP contribution in [0.25, 0.3) is 0 Å². The van der Waals surface area contributed by atoms with Gasteiger partial charge < -0.3 is 4.79 Å². The standard InChI is InChI=1S/C10H20O/c1-6-9(2,3)7-10(4,5)8-11/h8H,6-7H2,1-5H3. The van der Waals surface area contributed by atoms with E-state index in [1.807, 2.05) is 13.8 Å². The quantitative estimate of drug-likeness (QED) is 0.572. The van der Waals surface area contributed by atoms with E-state index < -0.39 is 0 Å². The van der Waals surface area contributed by atoms with E-state index in [1.165, 1.54) is 0 Å². The van der Waals surface area contributed by atoms with E-state index in [4.69, 9.17) is 0 Å². The molecule has 0 saturated heterocycles. The summed E-state index contributed by atoms with van der Waals surface area (Å²) < 4.78 is 0. The lowest BCUT2D eigenvalue weighted by Crippen LogP contribution is -2.23. The lowest BCUT2D eigenvalue weighted by Gasteiger charge is -2.30. The average molecular weight is 156 g/mol. The Balaban J connectivity index is 4.12.